The van der Waals surface area contributed by atoms with Crippen molar-refractivity contribution in [1.82, 2.24) is 10.7 Å². The first-order valence-corrected chi connectivity index (χ1v) is 8.39. The molecule has 2 aromatic rings. The topological polar surface area (TPSA) is 92.9 Å². The van der Waals surface area contributed by atoms with Gasteiger partial charge in [-0.15, -0.1) is 0 Å². The van der Waals surface area contributed by atoms with E-state index in [1.165, 1.54) is 6.21 Å². The maximum atomic E-state index is 11.6. The zero-order valence-electron chi connectivity index (χ0n) is 14.3. The summed E-state index contributed by atoms with van der Waals surface area (Å²) >= 11 is 5.95. The molecule has 0 aliphatic heterocycles. The van der Waals surface area contributed by atoms with Gasteiger partial charge in [0.2, 0.25) is 11.8 Å². The number of amides is 2. The molecular weight excluding hydrogens is 358 g/mol. The van der Waals surface area contributed by atoms with Gasteiger partial charge in [-0.3, -0.25) is 9.59 Å². The molecule has 0 saturated carbocycles. The second-order valence-corrected chi connectivity index (χ2v) is 5.82. The molecule has 7 nitrogen and oxygen atoms in total. The zero-order chi connectivity index (χ0) is 18.8. The Hall–Kier alpha value is -2.64. The van der Waals surface area contributed by atoms with Crippen LogP contribution in [-0.4, -0.2) is 38.3 Å². The number of hydrazone groups is 1. The number of hydrogen-bond acceptors (Lipinski definition) is 5. The minimum Gasteiger partial charge on any atom is -0.455 e. The highest BCUT2D eigenvalue weighted by atomic mass is 35.5. The van der Waals surface area contributed by atoms with Crippen LogP contribution >= 0.6 is 11.6 Å². The molecule has 2 rings (SSSR count). The minimum absolute atomic E-state index is 0.295. The van der Waals surface area contributed by atoms with Crippen molar-refractivity contribution in [1.29, 1.82) is 0 Å². The van der Waals surface area contributed by atoms with Crippen LogP contribution in [0.2, 0.25) is 5.02 Å². The second kappa shape index (κ2) is 10.4. The van der Waals surface area contributed by atoms with Crippen LogP contribution < -0.4 is 10.7 Å². The van der Waals surface area contributed by atoms with Crippen LogP contribution in [0, 0.1) is 0 Å². The van der Waals surface area contributed by atoms with E-state index in [0.717, 1.165) is 5.56 Å². The molecule has 1 aromatic carbocycles. The lowest BCUT2D eigenvalue weighted by Crippen LogP contribution is -2.30. The van der Waals surface area contributed by atoms with Gasteiger partial charge in [0.15, 0.2) is 0 Å². The Morgan fingerprint density at radius 3 is 2.88 bits per heavy atom. The number of rotatable bonds is 9. The molecule has 0 saturated heterocycles. The van der Waals surface area contributed by atoms with Crippen LogP contribution in [0.25, 0.3) is 11.3 Å². The normalized spacial score (nSPS) is 10.8. The highest BCUT2D eigenvalue weighted by Crippen LogP contribution is 2.24. The first-order valence-electron chi connectivity index (χ1n) is 8.02. The molecule has 0 aliphatic carbocycles. The van der Waals surface area contributed by atoms with E-state index in [1.807, 2.05) is 12.1 Å². The molecular formula is C18H20ClN3O4. The number of halogens is 1. The van der Waals surface area contributed by atoms with Crippen LogP contribution in [0.5, 0.6) is 0 Å². The third kappa shape index (κ3) is 6.70. The maximum Gasteiger partial charge on any atom is 0.249 e. The smallest absolute Gasteiger partial charge is 0.249 e. The molecule has 26 heavy (non-hydrogen) atoms. The van der Waals surface area contributed by atoms with Gasteiger partial charge in [0.25, 0.3) is 0 Å². The first kappa shape index (κ1) is 19.7. The van der Waals surface area contributed by atoms with Crippen LogP contribution in [0.3, 0.4) is 0 Å². The molecule has 0 unspecified atom stereocenters. The summed E-state index contributed by atoms with van der Waals surface area (Å²) in [5.41, 5.74) is 3.12. The number of nitrogens with zero attached hydrogens (tertiary/aromatic N) is 1. The molecule has 2 amide bonds. The van der Waals surface area contributed by atoms with Crippen LogP contribution in [0.1, 0.15) is 18.6 Å². The summed E-state index contributed by atoms with van der Waals surface area (Å²) in [7, 11) is 1.59. The Morgan fingerprint density at radius 2 is 2.12 bits per heavy atom. The third-order valence-electron chi connectivity index (χ3n) is 3.29. The van der Waals surface area contributed by atoms with E-state index in [2.05, 4.69) is 15.8 Å². The summed E-state index contributed by atoms with van der Waals surface area (Å²) < 4.78 is 10.5. The summed E-state index contributed by atoms with van der Waals surface area (Å²) in [6.45, 7) is 1.01. The Morgan fingerprint density at radius 1 is 1.27 bits per heavy atom. The zero-order valence-corrected chi connectivity index (χ0v) is 15.1. The average molecular weight is 378 g/mol. The molecule has 0 spiro atoms. The van der Waals surface area contributed by atoms with Gasteiger partial charge in [-0.05, 0) is 30.7 Å². The van der Waals surface area contributed by atoms with Crippen molar-refractivity contribution < 1.29 is 18.7 Å². The van der Waals surface area contributed by atoms with Gasteiger partial charge in [0.1, 0.15) is 17.9 Å². The Labute approximate surface area is 156 Å². The maximum absolute atomic E-state index is 11.6. The number of methoxy groups -OCH3 is 1. The van der Waals surface area contributed by atoms with Crippen molar-refractivity contribution in [2.45, 2.75) is 12.8 Å². The van der Waals surface area contributed by atoms with Gasteiger partial charge in [-0.25, -0.2) is 5.43 Å². The molecule has 0 fully saturated rings. The number of carbonyl (C=O) groups is 2. The van der Waals surface area contributed by atoms with Gasteiger partial charge in [0, 0.05) is 30.8 Å². The number of hydrogen-bond donors (Lipinski definition) is 2. The molecule has 0 aliphatic rings. The lowest BCUT2D eigenvalue weighted by atomic mass is 10.2. The molecule has 1 aromatic heterocycles. The fourth-order valence-corrected chi connectivity index (χ4v) is 2.27. The predicted molar refractivity (Wildman–Crippen MR) is 99.0 cm³/mol. The number of nitrogens with one attached hydrogen (secondary N) is 2. The number of furan rings is 1. The summed E-state index contributed by atoms with van der Waals surface area (Å²) in [6, 6.07) is 10.8. The number of carbonyl (C=O) groups excluding carboxylic acids is 2. The van der Waals surface area contributed by atoms with E-state index in [-0.39, 0.29) is 12.3 Å². The van der Waals surface area contributed by atoms with E-state index in [9.17, 15) is 9.59 Å². The van der Waals surface area contributed by atoms with E-state index in [0.29, 0.717) is 36.1 Å². The van der Waals surface area contributed by atoms with Gasteiger partial charge >= 0.3 is 0 Å². The summed E-state index contributed by atoms with van der Waals surface area (Å²) in [5, 5.41) is 7.02. The Balaban J connectivity index is 1.78. The Kier molecular flexibility index (Phi) is 7.85. The number of benzene rings is 1. The second-order valence-electron chi connectivity index (χ2n) is 5.38. The van der Waals surface area contributed by atoms with Crippen molar-refractivity contribution >= 4 is 29.6 Å². The van der Waals surface area contributed by atoms with Gasteiger partial charge in [-0.1, -0.05) is 23.7 Å². The molecule has 2 N–H and O–H groups in total. The molecule has 1 heterocycles. The largest absolute Gasteiger partial charge is 0.455 e. The van der Waals surface area contributed by atoms with Crippen LogP contribution in [0.4, 0.5) is 0 Å². The summed E-state index contributed by atoms with van der Waals surface area (Å²) in [6.07, 6.45) is 1.76. The van der Waals surface area contributed by atoms with Crippen molar-refractivity contribution in [3.05, 3.63) is 47.2 Å². The lowest BCUT2D eigenvalue weighted by molar-refractivity contribution is -0.129. The molecule has 0 atom stereocenters. The fourth-order valence-electron chi connectivity index (χ4n) is 2.08. The van der Waals surface area contributed by atoms with Crippen LogP contribution in [-0.2, 0) is 14.3 Å². The molecule has 138 valence electrons. The third-order valence-corrected chi connectivity index (χ3v) is 3.52. The van der Waals surface area contributed by atoms with Gasteiger partial charge in [-0.2, -0.15) is 5.10 Å². The molecule has 0 bridgehead atoms. The first-order chi connectivity index (χ1) is 12.6. The SMILES string of the molecule is COCCCNC(=O)CC(=O)N/N=C\c1ccc(-c2cccc(Cl)c2)o1. The fraction of sp³-hybridized carbons (Fsp3) is 0.278. The molecule has 8 heteroatoms. The van der Waals surface area contributed by atoms with E-state index in [4.69, 9.17) is 20.8 Å². The lowest BCUT2D eigenvalue weighted by Gasteiger charge is -2.03. The summed E-state index contributed by atoms with van der Waals surface area (Å²) in [4.78, 5) is 23.2. The van der Waals surface area contributed by atoms with E-state index >= 15 is 0 Å². The van der Waals surface area contributed by atoms with Crippen molar-refractivity contribution in [2.24, 2.45) is 5.10 Å². The van der Waals surface area contributed by atoms with Crippen LogP contribution in [0.15, 0.2) is 45.9 Å². The predicted octanol–water partition coefficient (Wildman–Crippen LogP) is 2.59. The van der Waals surface area contributed by atoms with Crippen molar-refractivity contribution in [3.8, 4) is 11.3 Å². The monoisotopic (exact) mass is 377 g/mol. The quantitative estimate of drug-likeness (QED) is 0.304. The standard InChI is InChI=1S/C18H20ClN3O4/c1-25-9-3-8-20-17(23)11-18(24)22-21-12-15-6-7-16(26-15)13-4-2-5-14(19)10-13/h2,4-7,10,12H,3,8-9,11H2,1H3,(H,20,23)(H,22,24)/b21-12-. The van der Waals surface area contributed by atoms with Crippen molar-refractivity contribution in [2.75, 3.05) is 20.3 Å². The van der Waals surface area contributed by atoms with Crippen molar-refractivity contribution in [3.63, 3.8) is 0 Å². The Bertz CT molecular complexity index is 773. The van der Waals surface area contributed by atoms with E-state index < -0.39 is 5.91 Å². The average Bonchev–Trinajstić information content (AvgIpc) is 3.08. The minimum atomic E-state index is -0.507. The van der Waals surface area contributed by atoms with Gasteiger partial charge in [0.05, 0.1) is 6.21 Å². The molecule has 0 radical (unpaired) electrons. The highest BCUT2D eigenvalue weighted by molar-refractivity contribution is 6.30. The summed E-state index contributed by atoms with van der Waals surface area (Å²) in [5.74, 6) is 0.224. The number of ether oxygens (including phenoxy) is 1. The van der Waals surface area contributed by atoms with E-state index in [1.54, 1.807) is 31.4 Å². The highest BCUT2D eigenvalue weighted by Gasteiger charge is 2.08. The van der Waals surface area contributed by atoms with Gasteiger partial charge < -0.3 is 14.5 Å².